The molecule has 0 radical (unpaired) electrons. The van der Waals surface area contributed by atoms with Crippen molar-refractivity contribution in [3.05, 3.63) is 35.9 Å². The van der Waals surface area contributed by atoms with Crippen molar-refractivity contribution in [2.24, 2.45) is 11.3 Å². The van der Waals surface area contributed by atoms with Crippen molar-refractivity contribution < 1.29 is 0 Å². The topological polar surface area (TPSA) is 0 Å². The van der Waals surface area contributed by atoms with Crippen LogP contribution in [0.4, 0.5) is 0 Å². The molecule has 0 aliphatic rings. The Morgan fingerprint density at radius 1 is 1.24 bits per heavy atom. The Morgan fingerprint density at radius 2 is 1.82 bits per heavy atom. The van der Waals surface area contributed by atoms with E-state index >= 15 is 0 Å². The van der Waals surface area contributed by atoms with Crippen LogP contribution < -0.4 is 0 Å². The average Bonchev–Trinajstić information content (AvgIpc) is 2.36. The van der Waals surface area contributed by atoms with Gasteiger partial charge in [-0.15, -0.1) is 0 Å². The first-order chi connectivity index (χ1) is 7.97. The third-order valence-electron chi connectivity index (χ3n) is 3.61. The number of hydrogen-bond acceptors (Lipinski definition) is 1. The number of thiocarbonyl (C=S) groups is 1. The first-order valence-electron chi connectivity index (χ1n) is 6.57. The molecule has 0 heterocycles. The first kappa shape index (κ1) is 14.4. The molecule has 0 saturated heterocycles. The average molecular weight is 248 g/mol. The molecular formula is C16H24S. The van der Waals surface area contributed by atoms with Crippen LogP contribution in [0.15, 0.2) is 30.3 Å². The summed E-state index contributed by atoms with van der Waals surface area (Å²) in [6.07, 6.45) is 3.69. The highest BCUT2D eigenvalue weighted by atomic mass is 32.1. The molecule has 1 atom stereocenters. The monoisotopic (exact) mass is 248 g/mol. The zero-order valence-electron chi connectivity index (χ0n) is 11.5. The SMILES string of the molecule is CCC(C)CCC(C)(C)C(=S)c1ccccc1. The number of hydrogen-bond donors (Lipinski definition) is 0. The van der Waals surface area contributed by atoms with Crippen molar-refractivity contribution in [3.8, 4) is 0 Å². The molecule has 0 fully saturated rings. The maximum absolute atomic E-state index is 5.64. The molecule has 17 heavy (non-hydrogen) atoms. The van der Waals surface area contributed by atoms with Crippen molar-refractivity contribution in [2.45, 2.75) is 47.0 Å². The molecule has 0 saturated carbocycles. The molecule has 0 nitrogen and oxygen atoms in total. The Hall–Kier alpha value is -0.690. The first-order valence-corrected chi connectivity index (χ1v) is 6.98. The molecule has 1 aromatic rings. The smallest absolute Gasteiger partial charge is 0.0280 e. The van der Waals surface area contributed by atoms with E-state index in [9.17, 15) is 0 Å². The molecule has 1 aromatic carbocycles. The largest absolute Gasteiger partial charge is 0.0837 e. The van der Waals surface area contributed by atoms with Crippen LogP contribution in [0.2, 0.25) is 0 Å². The zero-order valence-corrected chi connectivity index (χ0v) is 12.3. The summed E-state index contributed by atoms with van der Waals surface area (Å²) < 4.78 is 0. The molecule has 0 aliphatic heterocycles. The standard InChI is InChI=1S/C16H24S/c1-5-13(2)11-12-16(3,4)15(17)14-9-7-6-8-10-14/h6-10,13H,5,11-12H2,1-4H3. The molecule has 0 spiro atoms. The van der Waals surface area contributed by atoms with E-state index < -0.39 is 0 Å². The van der Waals surface area contributed by atoms with Crippen molar-refractivity contribution in [3.63, 3.8) is 0 Å². The van der Waals surface area contributed by atoms with Crippen molar-refractivity contribution in [2.75, 3.05) is 0 Å². The van der Waals surface area contributed by atoms with Crippen LogP contribution in [0.1, 0.15) is 52.5 Å². The fourth-order valence-electron chi connectivity index (χ4n) is 1.91. The molecule has 0 amide bonds. The van der Waals surface area contributed by atoms with E-state index in [2.05, 4.69) is 52.0 Å². The maximum Gasteiger partial charge on any atom is 0.0280 e. The Morgan fingerprint density at radius 3 is 2.35 bits per heavy atom. The van der Waals surface area contributed by atoms with Crippen LogP contribution in [0, 0.1) is 11.3 Å². The van der Waals surface area contributed by atoms with Crippen molar-refractivity contribution in [1.82, 2.24) is 0 Å². The third-order valence-corrected chi connectivity index (χ3v) is 4.40. The normalized spacial score (nSPS) is 13.4. The van der Waals surface area contributed by atoms with Crippen molar-refractivity contribution >= 4 is 17.1 Å². The van der Waals surface area contributed by atoms with Crippen LogP contribution >= 0.6 is 12.2 Å². The molecule has 0 aromatic heterocycles. The molecule has 1 heteroatoms. The van der Waals surface area contributed by atoms with Gasteiger partial charge >= 0.3 is 0 Å². The van der Waals surface area contributed by atoms with Gasteiger partial charge in [-0.25, -0.2) is 0 Å². The lowest BCUT2D eigenvalue weighted by Gasteiger charge is -2.27. The minimum atomic E-state index is 0.125. The van der Waals surface area contributed by atoms with Crippen LogP contribution in [0.3, 0.4) is 0 Å². The van der Waals surface area contributed by atoms with Gasteiger partial charge in [-0.2, -0.15) is 0 Å². The van der Waals surface area contributed by atoms with Crippen LogP contribution in [-0.4, -0.2) is 4.86 Å². The summed E-state index contributed by atoms with van der Waals surface area (Å²) in [4.78, 5) is 1.10. The summed E-state index contributed by atoms with van der Waals surface area (Å²) in [7, 11) is 0. The lowest BCUT2D eigenvalue weighted by molar-refractivity contribution is 0.393. The second-order valence-corrected chi connectivity index (χ2v) is 6.04. The number of benzene rings is 1. The summed E-state index contributed by atoms with van der Waals surface area (Å²) in [6, 6.07) is 10.4. The zero-order chi connectivity index (χ0) is 12.9. The maximum atomic E-state index is 5.64. The summed E-state index contributed by atoms with van der Waals surface area (Å²) >= 11 is 5.64. The highest BCUT2D eigenvalue weighted by Crippen LogP contribution is 2.30. The quantitative estimate of drug-likeness (QED) is 0.489. The summed E-state index contributed by atoms with van der Waals surface area (Å²) in [6.45, 7) is 9.12. The van der Waals surface area contributed by atoms with E-state index in [0.29, 0.717) is 0 Å². The molecule has 0 N–H and O–H groups in total. The predicted molar refractivity (Wildman–Crippen MR) is 80.6 cm³/mol. The summed E-state index contributed by atoms with van der Waals surface area (Å²) in [5, 5.41) is 0. The molecule has 1 rings (SSSR count). The van der Waals surface area contributed by atoms with E-state index in [1.165, 1.54) is 24.8 Å². The van der Waals surface area contributed by atoms with Gasteiger partial charge in [-0.1, -0.05) is 76.7 Å². The van der Waals surface area contributed by atoms with Gasteiger partial charge in [0.2, 0.25) is 0 Å². The van der Waals surface area contributed by atoms with E-state index in [1.807, 2.05) is 6.07 Å². The van der Waals surface area contributed by atoms with Gasteiger partial charge in [0.1, 0.15) is 0 Å². The van der Waals surface area contributed by atoms with Gasteiger partial charge in [0.05, 0.1) is 0 Å². The van der Waals surface area contributed by atoms with Gasteiger partial charge in [0.15, 0.2) is 0 Å². The van der Waals surface area contributed by atoms with Gasteiger partial charge < -0.3 is 0 Å². The van der Waals surface area contributed by atoms with Crippen molar-refractivity contribution in [1.29, 1.82) is 0 Å². The van der Waals surface area contributed by atoms with E-state index in [0.717, 1.165) is 10.8 Å². The molecule has 94 valence electrons. The minimum Gasteiger partial charge on any atom is -0.0837 e. The fourth-order valence-corrected chi connectivity index (χ4v) is 2.14. The van der Waals surface area contributed by atoms with Crippen LogP contribution in [0.5, 0.6) is 0 Å². The lowest BCUT2D eigenvalue weighted by Crippen LogP contribution is -2.24. The highest BCUT2D eigenvalue weighted by molar-refractivity contribution is 7.81. The fraction of sp³-hybridized carbons (Fsp3) is 0.562. The van der Waals surface area contributed by atoms with Gasteiger partial charge in [0.25, 0.3) is 0 Å². The second-order valence-electron chi connectivity index (χ2n) is 5.63. The summed E-state index contributed by atoms with van der Waals surface area (Å²) in [5.41, 5.74) is 1.33. The Kier molecular flexibility index (Phi) is 5.32. The Balaban J connectivity index is 2.67. The molecule has 0 bridgehead atoms. The Bertz CT molecular complexity index is 351. The van der Waals surface area contributed by atoms with Crippen LogP contribution in [0.25, 0.3) is 0 Å². The highest BCUT2D eigenvalue weighted by Gasteiger charge is 2.24. The minimum absolute atomic E-state index is 0.125. The van der Waals surface area contributed by atoms with Gasteiger partial charge in [-0.05, 0) is 24.3 Å². The lowest BCUT2D eigenvalue weighted by atomic mass is 9.79. The second kappa shape index (κ2) is 6.30. The molecule has 1 unspecified atom stereocenters. The third kappa shape index (κ3) is 4.23. The van der Waals surface area contributed by atoms with E-state index in [4.69, 9.17) is 12.2 Å². The van der Waals surface area contributed by atoms with Crippen LogP contribution in [-0.2, 0) is 0 Å². The number of rotatable bonds is 6. The van der Waals surface area contributed by atoms with Gasteiger partial charge in [-0.3, -0.25) is 0 Å². The van der Waals surface area contributed by atoms with E-state index in [1.54, 1.807) is 0 Å². The van der Waals surface area contributed by atoms with Gasteiger partial charge in [0, 0.05) is 10.3 Å². The summed E-state index contributed by atoms with van der Waals surface area (Å²) in [5.74, 6) is 0.799. The van der Waals surface area contributed by atoms with E-state index in [-0.39, 0.29) is 5.41 Å². The predicted octanol–water partition coefficient (Wildman–Crippen LogP) is 5.26. The molecule has 0 aliphatic carbocycles. The Labute approximate surface area is 111 Å². The molecular weight excluding hydrogens is 224 g/mol.